The van der Waals surface area contributed by atoms with E-state index in [9.17, 15) is 0 Å². The van der Waals surface area contributed by atoms with Crippen LogP contribution >= 0.6 is 0 Å². The van der Waals surface area contributed by atoms with Gasteiger partial charge in [0.15, 0.2) is 0 Å². The fraction of sp³-hybridized carbons (Fsp3) is 1.00. The standard InChI is InChI=1S/C5/c1-2-3(1)4(1,2)5(1,2)3. The summed E-state index contributed by atoms with van der Waals surface area (Å²) in [5.41, 5.74) is 6.25. The molecular formula is C5. The zero-order valence-electron chi connectivity index (χ0n) is 2.50. The van der Waals surface area contributed by atoms with Gasteiger partial charge in [-0.1, -0.05) is 0 Å². The Hall–Kier alpha value is 0. The van der Waals surface area contributed by atoms with Crippen molar-refractivity contribution in [3.05, 3.63) is 0 Å². The molecule has 0 saturated heterocycles. The summed E-state index contributed by atoms with van der Waals surface area (Å²) in [4.78, 5) is 0. The monoisotopic (exact) mass is 60.0 g/mol. The van der Waals surface area contributed by atoms with Gasteiger partial charge in [-0.2, -0.15) is 0 Å². The van der Waals surface area contributed by atoms with Crippen LogP contribution in [0.15, 0.2) is 0 Å². The lowest BCUT2D eigenvalue weighted by molar-refractivity contribution is 1.43. The summed E-state index contributed by atoms with van der Waals surface area (Å²) in [5.74, 6) is 0. The minimum Gasteiger partial charge on any atom is 0 e. The van der Waals surface area contributed by atoms with Gasteiger partial charge in [-0.15, -0.1) is 0 Å². The molecule has 0 N–H and O–H groups in total. The molecule has 0 heteroatoms. The number of rotatable bonds is 0. The van der Waals surface area contributed by atoms with E-state index in [1.807, 2.05) is 0 Å². The maximum absolute atomic E-state index is 1.25. The van der Waals surface area contributed by atoms with Gasteiger partial charge < -0.3 is 0 Å². The summed E-state index contributed by atoms with van der Waals surface area (Å²) < 4.78 is 0. The molecule has 6 aliphatic carbocycles. The van der Waals surface area contributed by atoms with Crippen LogP contribution in [0.3, 0.4) is 0 Å². The van der Waals surface area contributed by atoms with Crippen molar-refractivity contribution in [2.24, 2.45) is 27.1 Å². The predicted octanol–water partition coefficient (Wildman–Crippen LogP) is 0. The van der Waals surface area contributed by atoms with Gasteiger partial charge >= 0.3 is 0 Å². The van der Waals surface area contributed by atoms with Gasteiger partial charge in [0, 0.05) is 27.1 Å². The number of hydrogen-bond donors (Lipinski definition) is 0. The first-order valence-corrected chi connectivity index (χ1v) is 2.50. The van der Waals surface area contributed by atoms with E-state index in [1.165, 1.54) is 27.1 Å². The Balaban J connectivity index is 3.57. The van der Waals surface area contributed by atoms with Gasteiger partial charge in [-0.3, -0.25) is 0 Å². The van der Waals surface area contributed by atoms with Crippen LogP contribution in [0, 0.1) is 27.1 Å². The van der Waals surface area contributed by atoms with Crippen LogP contribution in [0.1, 0.15) is 0 Å². The maximum atomic E-state index is 1.25. The first-order chi connectivity index (χ1) is 2.50. The Morgan fingerprint density at radius 3 is 0.600 bits per heavy atom. The first kappa shape index (κ1) is 0.800. The van der Waals surface area contributed by atoms with Gasteiger partial charge in [0.1, 0.15) is 0 Å². The fourth-order valence-corrected chi connectivity index (χ4v) is 4.69. The van der Waals surface area contributed by atoms with E-state index in [-0.39, 0.29) is 0 Å². The van der Waals surface area contributed by atoms with E-state index in [1.54, 1.807) is 0 Å². The first-order valence-electron chi connectivity index (χ1n) is 2.50. The lowest BCUT2D eigenvalue weighted by atomic mass is 11.0. The van der Waals surface area contributed by atoms with Gasteiger partial charge in [0.2, 0.25) is 0 Å². The highest BCUT2D eigenvalue weighted by Gasteiger charge is 4.00. The van der Waals surface area contributed by atoms with Crippen molar-refractivity contribution in [3.63, 3.8) is 0 Å². The van der Waals surface area contributed by atoms with E-state index in [2.05, 4.69) is 0 Å². The second kappa shape index (κ2) is 0.0400. The molecule has 20 valence electrons. The van der Waals surface area contributed by atoms with Crippen molar-refractivity contribution < 1.29 is 0 Å². The molecule has 5 heavy (non-hydrogen) atoms. The molecule has 5 bridgehead atoms. The molecule has 6 saturated carbocycles. The molecule has 0 unspecified atom stereocenters. The summed E-state index contributed by atoms with van der Waals surface area (Å²) in [5, 5.41) is 0. The van der Waals surface area contributed by atoms with Crippen LogP contribution in [0.2, 0.25) is 0 Å². The van der Waals surface area contributed by atoms with Crippen molar-refractivity contribution >= 4 is 0 Å². The normalized spacial score (nSPS) is 192. The maximum Gasteiger partial charge on any atom is 0 e. The fourth-order valence-electron chi connectivity index (χ4n) is 4.69. The van der Waals surface area contributed by atoms with E-state index in [0.717, 1.165) is 0 Å². The van der Waals surface area contributed by atoms with Crippen molar-refractivity contribution in [2.75, 3.05) is 0 Å². The lowest BCUT2D eigenvalue weighted by Gasteiger charge is -1.00. The Morgan fingerprint density at radius 2 is 0.600 bits per heavy atom. The minimum atomic E-state index is 1.25. The van der Waals surface area contributed by atoms with Crippen LogP contribution in [-0.4, -0.2) is 0 Å². The molecule has 6 fully saturated rings. The third-order valence-corrected chi connectivity index (χ3v) is 5.00. The third kappa shape index (κ3) is 0.00327. The minimum absolute atomic E-state index is 1.25. The van der Waals surface area contributed by atoms with E-state index in [4.69, 9.17) is 0 Å². The molecule has 0 heterocycles. The Bertz CT molecular complexity index is 147. The quantitative estimate of drug-likeness (QED) is 0.369. The summed E-state index contributed by atoms with van der Waals surface area (Å²) in [7, 11) is 0. The SMILES string of the molecule is C123C45C16C24C356. The molecule has 0 nitrogen and oxygen atoms in total. The topological polar surface area (TPSA) is 0 Å². The molecule has 0 aromatic heterocycles. The summed E-state index contributed by atoms with van der Waals surface area (Å²) in [6.07, 6.45) is 0. The molecule has 0 aliphatic heterocycles. The second-order valence-corrected chi connectivity index (χ2v) is 3.75. The Kier molecular flexibility index (Phi) is 0.00640. The Labute approximate surface area is 28.2 Å². The van der Waals surface area contributed by atoms with Crippen LogP contribution in [0.4, 0.5) is 0 Å². The molecule has 6 aliphatic rings. The van der Waals surface area contributed by atoms with E-state index in [0.29, 0.717) is 0 Å². The van der Waals surface area contributed by atoms with Gasteiger partial charge in [0.05, 0.1) is 0 Å². The molecule has 0 aromatic carbocycles. The van der Waals surface area contributed by atoms with Crippen LogP contribution in [-0.2, 0) is 0 Å². The van der Waals surface area contributed by atoms with Gasteiger partial charge in [-0.05, 0) is 0 Å². The molecule has 0 radical (unpaired) electrons. The average Bonchev–Trinajstić information content (AvgIpc) is 1.92. The highest BCUT2D eigenvalue weighted by atomic mass is 16.0. The third-order valence-electron chi connectivity index (χ3n) is 5.00. The van der Waals surface area contributed by atoms with Crippen LogP contribution in [0.5, 0.6) is 0 Å². The zero-order chi connectivity index (χ0) is 2.50. The van der Waals surface area contributed by atoms with Crippen molar-refractivity contribution in [1.82, 2.24) is 0 Å². The largest absolute Gasteiger partial charge is 0 e. The van der Waals surface area contributed by atoms with Gasteiger partial charge in [-0.25, -0.2) is 0 Å². The van der Waals surface area contributed by atoms with Crippen molar-refractivity contribution in [1.29, 1.82) is 0 Å². The smallest absolute Gasteiger partial charge is 0 e. The molecular weight excluding hydrogens is 60.1 g/mol. The molecule has 0 aromatic rings. The van der Waals surface area contributed by atoms with E-state index < -0.39 is 0 Å². The molecule has 0 atom stereocenters. The van der Waals surface area contributed by atoms with Gasteiger partial charge in [0.25, 0.3) is 0 Å². The highest BCUT2D eigenvalue weighted by molar-refractivity contribution is 6.43. The van der Waals surface area contributed by atoms with Crippen molar-refractivity contribution in [2.45, 2.75) is 0 Å². The predicted molar refractivity (Wildman–Crippen MR) is 12.2 cm³/mol. The Morgan fingerprint density at radius 1 is 0.400 bits per heavy atom. The second-order valence-electron chi connectivity index (χ2n) is 3.75. The summed E-state index contributed by atoms with van der Waals surface area (Å²) in [6.45, 7) is 0. The average molecular weight is 60.1 g/mol. The highest BCUT2D eigenvalue weighted by Crippen LogP contribution is 4.00. The van der Waals surface area contributed by atoms with Crippen LogP contribution < -0.4 is 0 Å². The van der Waals surface area contributed by atoms with Crippen molar-refractivity contribution in [3.8, 4) is 0 Å². The molecule has 0 amide bonds. The summed E-state index contributed by atoms with van der Waals surface area (Å²) >= 11 is 0. The summed E-state index contributed by atoms with van der Waals surface area (Å²) in [6, 6.07) is 0. The molecule has 6 rings (SSSR count). The zero-order valence-corrected chi connectivity index (χ0v) is 2.50. The number of hydrogen-bond acceptors (Lipinski definition) is 0. The lowest BCUT2D eigenvalue weighted by Crippen LogP contribution is -1.00. The van der Waals surface area contributed by atoms with E-state index >= 15 is 0 Å². The molecule has 1 spiro atoms. The van der Waals surface area contributed by atoms with Crippen LogP contribution in [0.25, 0.3) is 0 Å².